The third-order valence-corrected chi connectivity index (χ3v) is 8.62. The molecule has 0 aliphatic carbocycles. The number of rotatable bonds is 6. The minimum atomic E-state index is -3.77. The van der Waals surface area contributed by atoms with Crippen LogP contribution in [0.2, 0.25) is 0 Å². The standard InChI is InChI=1S/C26H16FNO5S2/c27-17-12-10-16(11-13-17)24(29)25-23(19-8-4-5-9-20(19)33-25)28-26(30)21-14-15-22(34-21)35(31,32)18-6-2-1-3-7-18/h1-15H,(H,28,30). The molecule has 1 amide bonds. The number of thiophene rings is 1. The van der Waals surface area contributed by atoms with Crippen molar-refractivity contribution >= 4 is 49.5 Å². The summed E-state index contributed by atoms with van der Waals surface area (Å²) >= 11 is 0.825. The Morgan fingerprint density at radius 1 is 0.829 bits per heavy atom. The minimum Gasteiger partial charge on any atom is -0.450 e. The van der Waals surface area contributed by atoms with E-state index in [1.807, 2.05) is 0 Å². The fourth-order valence-electron chi connectivity index (χ4n) is 3.54. The van der Waals surface area contributed by atoms with E-state index in [1.165, 1.54) is 36.4 Å². The van der Waals surface area contributed by atoms with E-state index in [9.17, 15) is 22.4 Å². The normalized spacial score (nSPS) is 11.5. The van der Waals surface area contributed by atoms with Gasteiger partial charge in [0.2, 0.25) is 15.6 Å². The summed E-state index contributed by atoms with van der Waals surface area (Å²) in [5.74, 6) is -1.72. The Morgan fingerprint density at radius 3 is 2.26 bits per heavy atom. The summed E-state index contributed by atoms with van der Waals surface area (Å²) in [7, 11) is -3.77. The van der Waals surface area contributed by atoms with Gasteiger partial charge in [-0.2, -0.15) is 0 Å². The fourth-order valence-corrected chi connectivity index (χ4v) is 6.16. The van der Waals surface area contributed by atoms with E-state index in [4.69, 9.17) is 4.42 Å². The number of halogens is 1. The molecule has 0 bridgehead atoms. The highest BCUT2D eigenvalue weighted by atomic mass is 32.2. The second-order valence-electron chi connectivity index (χ2n) is 7.53. The van der Waals surface area contributed by atoms with E-state index < -0.39 is 27.3 Å². The zero-order chi connectivity index (χ0) is 24.6. The summed E-state index contributed by atoms with van der Waals surface area (Å²) in [6, 6.07) is 22.5. The molecule has 0 spiro atoms. The fraction of sp³-hybridized carbons (Fsp3) is 0. The zero-order valence-corrected chi connectivity index (χ0v) is 19.5. The van der Waals surface area contributed by atoms with Crippen molar-refractivity contribution in [2.24, 2.45) is 0 Å². The Labute approximate surface area is 203 Å². The number of carbonyl (C=O) groups excluding carboxylic acids is 2. The molecule has 5 rings (SSSR count). The number of sulfone groups is 1. The molecule has 0 saturated carbocycles. The molecule has 6 nitrogen and oxygen atoms in total. The highest BCUT2D eigenvalue weighted by Gasteiger charge is 2.26. The summed E-state index contributed by atoms with van der Waals surface area (Å²) in [4.78, 5) is 26.5. The van der Waals surface area contributed by atoms with Gasteiger partial charge in [-0.15, -0.1) is 11.3 Å². The summed E-state index contributed by atoms with van der Waals surface area (Å²) in [5, 5.41) is 3.20. The number of para-hydroxylation sites is 1. The first-order valence-electron chi connectivity index (χ1n) is 10.4. The van der Waals surface area contributed by atoms with Crippen molar-refractivity contribution in [3.8, 4) is 0 Å². The Balaban J connectivity index is 1.49. The summed E-state index contributed by atoms with van der Waals surface area (Å²) in [5.41, 5.74) is 0.723. The van der Waals surface area contributed by atoms with Gasteiger partial charge in [-0.1, -0.05) is 30.3 Å². The van der Waals surface area contributed by atoms with Crippen molar-refractivity contribution in [3.05, 3.63) is 113 Å². The highest BCUT2D eigenvalue weighted by Crippen LogP contribution is 2.34. The van der Waals surface area contributed by atoms with Gasteiger partial charge in [-0.25, -0.2) is 12.8 Å². The van der Waals surface area contributed by atoms with Crippen LogP contribution in [0.25, 0.3) is 11.0 Å². The van der Waals surface area contributed by atoms with Crippen molar-refractivity contribution in [1.29, 1.82) is 0 Å². The molecule has 2 heterocycles. The third-order valence-electron chi connectivity index (χ3n) is 5.27. The lowest BCUT2D eigenvalue weighted by atomic mass is 10.1. The van der Waals surface area contributed by atoms with Crippen LogP contribution >= 0.6 is 11.3 Å². The van der Waals surface area contributed by atoms with Gasteiger partial charge in [0.25, 0.3) is 5.91 Å². The van der Waals surface area contributed by atoms with Gasteiger partial charge in [0, 0.05) is 10.9 Å². The Hall–Kier alpha value is -4.08. The van der Waals surface area contributed by atoms with Crippen LogP contribution in [0.1, 0.15) is 25.8 Å². The van der Waals surface area contributed by atoms with E-state index in [0.717, 1.165) is 23.5 Å². The number of nitrogens with one attached hydrogen (secondary N) is 1. The van der Waals surface area contributed by atoms with Gasteiger partial charge in [0.1, 0.15) is 15.6 Å². The Kier molecular flexibility index (Phi) is 5.80. The van der Waals surface area contributed by atoms with Gasteiger partial charge >= 0.3 is 0 Å². The lowest BCUT2D eigenvalue weighted by molar-refractivity contribution is 0.101. The molecule has 35 heavy (non-hydrogen) atoms. The number of hydrogen-bond donors (Lipinski definition) is 1. The van der Waals surface area contributed by atoms with Crippen molar-refractivity contribution < 1.29 is 26.8 Å². The van der Waals surface area contributed by atoms with Crippen LogP contribution in [0.4, 0.5) is 10.1 Å². The number of ketones is 1. The number of anilines is 1. The smallest absolute Gasteiger partial charge is 0.265 e. The van der Waals surface area contributed by atoms with Crippen LogP contribution in [-0.4, -0.2) is 20.1 Å². The van der Waals surface area contributed by atoms with E-state index in [0.29, 0.717) is 11.0 Å². The van der Waals surface area contributed by atoms with Crippen molar-refractivity contribution in [3.63, 3.8) is 0 Å². The molecule has 2 aromatic heterocycles. The Morgan fingerprint density at radius 2 is 1.51 bits per heavy atom. The highest BCUT2D eigenvalue weighted by molar-refractivity contribution is 7.93. The van der Waals surface area contributed by atoms with E-state index in [1.54, 1.807) is 42.5 Å². The van der Waals surface area contributed by atoms with Gasteiger partial charge in [-0.3, -0.25) is 9.59 Å². The molecule has 0 aliphatic heterocycles. The number of carbonyl (C=O) groups is 2. The lowest BCUT2D eigenvalue weighted by Crippen LogP contribution is -2.13. The Bertz CT molecular complexity index is 1670. The topological polar surface area (TPSA) is 93.4 Å². The average Bonchev–Trinajstić information content (AvgIpc) is 3.51. The maximum Gasteiger partial charge on any atom is 0.265 e. The summed E-state index contributed by atoms with van der Waals surface area (Å²) in [6.45, 7) is 0. The molecule has 0 saturated heterocycles. The molecule has 5 aromatic rings. The maximum absolute atomic E-state index is 13.3. The van der Waals surface area contributed by atoms with Crippen LogP contribution in [0, 0.1) is 5.82 Å². The molecular formula is C26H16FNO5S2. The predicted molar refractivity (Wildman–Crippen MR) is 130 cm³/mol. The molecule has 3 aromatic carbocycles. The monoisotopic (exact) mass is 505 g/mol. The summed E-state index contributed by atoms with van der Waals surface area (Å²) < 4.78 is 44.8. The second kappa shape index (κ2) is 8.94. The number of amides is 1. The molecule has 174 valence electrons. The minimum absolute atomic E-state index is 0.0218. The zero-order valence-electron chi connectivity index (χ0n) is 17.9. The largest absolute Gasteiger partial charge is 0.450 e. The van der Waals surface area contributed by atoms with Crippen molar-refractivity contribution in [2.45, 2.75) is 9.10 Å². The first kappa shape index (κ1) is 22.7. The molecule has 0 unspecified atom stereocenters. The second-order valence-corrected chi connectivity index (χ2v) is 10.8. The molecule has 1 N–H and O–H groups in total. The quantitative estimate of drug-likeness (QED) is 0.288. The summed E-state index contributed by atoms with van der Waals surface area (Å²) in [6.07, 6.45) is 0. The maximum atomic E-state index is 13.3. The van der Waals surface area contributed by atoms with Gasteiger partial charge in [0.15, 0.2) is 5.76 Å². The van der Waals surface area contributed by atoms with Gasteiger partial charge in [0.05, 0.1) is 15.5 Å². The van der Waals surface area contributed by atoms with Gasteiger partial charge < -0.3 is 9.73 Å². The third kappa shape index (κ3) is 4.27. The number of hydrogen-bond acceptors (Lipinski definition) is 6. The van der Waals surface area contributed by atoms with Crippen LogP contribution in [0.15, 0.2) is 105 Å². The molecular weight excluding hydrogens is 489 g/mol. The molecule has 0 radical (unpaired) electrons. The van der Waals surface area contributed by atoms with Gasteiger partial charge in [-0.05, 0) is 60.7 Å². The van der Waals surface area contributed by atoms with Crippen molar-refractivity contribution in [1.82, 2.24) is 0 Å². The number of furan rings is 1. The number of fused-ring (bicyclic) bond motifs is 1. The first-order valence-corrected chi connectivity index (χ1v) is 12.7. The van der Waals surface area contributed by atoms with Crippen LogP contribution < -0.4 is 5.32 Å². The van der Waals surface area contributed by atoms with Crippen LogP contribution in [-0.2, 0) is 9.84 Å². The molecule has 0 aliphatic rings. The average molecular weight is 506 g/mol. The molecule has 0 atom stereocenters. The number of benzene rings is 3. The lowest BCUT2D eigenvalue weighted by Gasteiger charge is -2.05. The van der Waals surface area contributed by atoms with E-state index >= 15 is 0 Å². The van der Waals surface area contributed by atoms with Crippen LogP contribution in [0.5, 0.6) is 0 Å². The predicted octanol–water partition coefficient (Wildman–Crippen LogP) is 5.95. The van der Waals surface area contributed by atoms with E-state index in [2.05, 4.69) is 5.32 Å². The SMILES string of the molecule is O=C(Nc1c(C(=O)c2ccc(F)cc2)oc2ccccc12)c1ccc(S(=O)(=O)c2ccccc2)s1. The molecule has 0 fully saturated rings. The molecule has 9 heteroatoms. The van der Waals surface area contributed by atoms with E-state index in [-0.39, 0.29) is 31.0 Å². The first-order chi connectivity index (χ1) is 16.8. The van der Waals surface area contributed by atoms with Crippen LogP contribution in [0.3, 0.4) is 0 Å². The van der Waals surface area contributed by atoms with Crippen molar-refractivity contribution in [2.75, 3.05) is 5.32 Å².